The van der Waals surface area contributed by atoms with Crippen LogP contribution >= 0.6 is 0 Å². The third-order valence-electron chi connectivity index (χ3n) is 11.2. The summed E-state index contributed by atoms with van der Waals surface area (Å²) in [6.07, 6.45) is 64.5. The van der Waals surface area contributed by atoms with Gasteiger partial charge in [-0.15, -0.1) is 0 Å². The molecule has 0 radical (unpaired) electrons. The van der Waals surface area contributed by atoms with E-state index in [1.54, 1.807) is 0 Å². The Hall–Kier alpha value is -3.15. The minimum atomic E-state index is -0.790. The molecule has 0 unspecified atom stereocenters. The molecule has 0 N–H and O–H groups in total. The van der Waals surface area contributed by atoms with E-state index in [9.17, 15) is 14.4 Å². The van der Waals surface area contributed by atoms with Crippen LogP contribution in [0.25, 0.3) is 0 Å². The lowest BCUT2D eigenvalue weighted by molar-refractivity contribution is -0.167. The first-order valence-corrected chi connectivity index (χ1v) is 26.4. The molecule has 63 heavy (non-hydrogen) atoms. The first-order valence-electron chi connectivity index (χ1n) is 26.4. The molecule has 0 aromatic rings. The maximum atomic E-state index is 12.8. The molecule has 0 bridgehead atoms. The topological polar surface area (TPSA) is 78.9 Å². The summed E-state index contributed by atoms with van der Waals surface area (Å²) in [5, 5.41) is 0. The molecule has 0 spiro atoms. The molecule has 0 saturated heterocycles. The minimum absolute atomic E-state index is 0.0893. The quantitative estimate of drug-likeness (QED) is 0.0262. The van der Waals surface area contributed by atoms with Gasteiger partial charge in [0.05, 0.1) is 0 Å². The van der Waals surface area contributed by atoms with Crippen LogP contribution in [0.3, 0.4) is 0 Å². The highest BCUT2D eigenvalue weighted by atomic mass is 16.6. The molecule has 0 aliphatic heterocycles. The molecule has 1 atom stereocenters. The number of carbonyl (C=O) groups excluding carboxylic acids is 3. The van der Waals surface area contributed by atoms with Crippen LogP contribution in [-0.2, 0) is 28.6 Å². The number of hydrogen-bond acceptors (Lipinski definition) is 6. The lowest BCUT2D eigenvalue weighted by Gasteiger charge is -2.18. The Bertz CT molecular complexity index is 1190. The van der Waals surface area contributed by atoms with Gasteiger partial charge >= 0.3 is 17.9 Å². The predicted octanol–water partition coefficient (Wildman–Crippen LogP) is 17.4. The molecule has 6 nitrogen and oxygen atoms in total. The van der Waals surface area contributed by atoms with Crippen molar-refractivity contribution in [3.8, 4) is 0 Å². The Balaban J connectivity index is 4.42. The summed E-state index contributed by atoms with van der Waals surface area (Å²) in [6.45, 7) is 6.46. The van der Waals surface area contributed by atoms with E-state index in [2.05, 4.69) is 93.7 Å². The van der Waals surface area contributed by atoms with Crippen molar-refractivity contribution < 1.29 is 28.6 Å². The van der Waals surface area contributed by atoms with Crippen LogP contribution < -0.4 is 0 Å². The molecule has 0 aliphatic carbocycles. The van der Waals surface area contributed by atoms with Crippen molar-refractivity contribution in [2.24, 2.45) is 0 Å². The summed E-state index contributed by atoms with van der Waals surface area (Å²) in [5.41, 5.74) is 0. The number of ether oxygens (including phenoxy) is 3. The highest BCUT2D eigenvalue weighted by Crippen LogP contribution is 2.14. The number of esters is 3. The molecule has 0 aliphatic rings. The maximum Gasteiger partial charge on any atom is 0.306 e. The van der Waals surface area contributed by atoms with Gasteiger partial charge in [0.2, 0.25) is 0 Å². The molecule has 0 rings (SSSR count). The molecule has 0 amide bonds. The van der Waals surface area contributed by atoms with E-state index >= 15 is 0 Å². The van der Waals surface area contributed by atoms with E-state index in [4.69, 9.17) is 14.2 Å². The van der Waals surface area contributed by atoms with E-state index in [1.165, 1.54) is 96.3 Å². The first kappa shape index (κ1) is 59.9. The van der Waals surface area contributed by atoms with Gasteiger partial charge in [0.1, 0.15) is 13.2 Å². The molecule has 0 fully saturated rings. The molecular formula is C57H98O6. The van der Waals surface area contributed by atoms with Crippen LogP contribution in [-0.4, -0.2) is 37.2 Å². The van der Waals surface area contributed by atoms with Gasteiger partial charge in [0.15, 0.2) is 6.10 Å². The number of allylic oxidation sites excluding steroid dienone is 12. The van der Waals surface area contributed by atoms with Gasteiger partial charge in [-0.05, 0) is 109 Å². The van der Waals surface area contributed by atoms with Gasteiger partial charge < -0.3 is 14.2 Å². The van der Waals surface area contributed by atoms with Crippen molar-refractivity contribution in [2.45, 2.75) is 258 Å². The second kappa shape index (κ2) is 51.5. The summed E-state index contributed by atoms with van der Waals surface area (Å²) in [7, 11) is 0. The van der Waals surface area contributed by atoms with Crippen LogP contribution in [0.4, 0.5) is 0 Å². The van der Waals surface area contributed by atoms with Crippen LogP contribution in [0, 0.1) is 0 Å². The number of hydrogen-bond donors (Lipinski definition) is 0. The zero-order valence-electron chi connectivity index (χ0n) is 41.3. The monoisotopic (exact) mass is 879 g/mol. The average molecular weight is 879 g/mol. The third-order valence-corrected chi connectivity index (χ3v) is 11.2. The summed E-state index contributed by atoms with van der Waals surface area (Å²) in [5.74, 6) is -0.920. The van der Waals surface area contributed by atoms with Crippen LogP contribution in [0.1, 0.15) is 252 Å². The Labute approximate surface area is 389 Å². The van der Waals surface area contributed by atoms with Crippen molar-refractivity contribution >= 4 is 17.9 Å². The van der Waals surface area contributed by atoms with E-state index in [-0.39, 0.29) is 31.1 Å². The maximum absolute atomic E-state index is 12.8. The van der Waals surface area contributed by atoms with Crippen molar-refractivity contribution in [3.05, 3.63) is 72.9 Å². The molecule has 362 valence electrons. The molecule has 0 aromatic heterocycles. The largest absolute Gasteiger partial charge is 0.462 e. The van der Waals surface area contributed by atoms with E-state index < -0.39 is 6.10 Å². The minimum Gasteiger partial charge on any atom is -0.462 e. The van der Waals surface area contributed by atoms with Gasteiger partial charge in [-0.1, -0.05) is 196 Å². The normalized spacial score (nSPS) is 12.6. The fourth-order valence-electron chi connectivity index (χ4n) is 7.19. The fourth-order valence-corrected chi connectivity index (χ4v) is 7.19. The number of rotatable bonds is 47. The second-order valence-corrected chi connectivity index (χ2v) is 17.4. The highest BCUT2D eigenvalue weighted by molar-refractivity contribution is 5.71. The van der Waals surface area contributed by atoms with Gasteiger partial charge in [-0.3, -0.25) is 14.4 Å². The Morgan fingerprint density at radius 2 is 0.619 bits per heavy atom. The standard InChI is InChI=1S/C57H98O6/c1-4-7-10-13-16-19-22-25-27-28-30-32-35-38-41-44-47-50-56(59)62-53-54(52-61-55(58)49-46-43-40-37-34-31-24-21-18-15-12-9-6-3)63-57(60)51-48-45-42-39-36-33-29-26-23-20-17-14-11-8-5-2/h8,11,16-17,19-21,24-27,29,54H,4-7,9-10,12-15,18,22-23,28,30-53H2,1-3H3/b11-8-,19-16-,20-17-,24-21-,27-25-,29-26-/t54-/m1/s1. The lowest BCUT2D eigenvalue weighted by atomic mass is 10.1. The van der Waals surface area contributed by atoms with Crippen molar-refractivity contribution in [2.75, 3.05) is 13.2 Å². The van der Waals surface area contributed by atoms with Crippen LogP contribution in [0.5, 0.6) is 0 Å². The van der Waals surface area contributed by atoms with E-state index in [1.807, 2.05) is 0 Å². The van der Waals surface area contributed by atoms with Crippen LogP contribution in [0.15, 0.2) is 72.9 Å². The Morgan fingerprint density at radius 3 is 1.02 bits per heavy atom. The van der Waals surface area contributed by atoms with Crippen molar-refractivity contribution in [1.29, 1.82) is 0 Å². The molecule has 6 heteroatoms. The smallest absolute Gasteiger partial charge is 0.306 e. The lowest BCUT2D eigenvalue weighted by Crippen LogP contribution is -2.30. The third kappa shape index (κ3) is 49.7. The van der Waals surface area contributed by atoms with Gasteiger partial charge in [-0.2, -0.15) is 0 Å². The van der Waals surface area contributed by atoms with Gasteiger partial charge in [0.25, 0.3) is 0 Å². The van der Waals surface area contributed by atoms with Gasteiger partial charge in [0, 0.05) is 19.3 Å². The van der Waals surface area contributed by atoms with E-state index in [0.717, 1.165) is 116 Å². The average Bonchev–Trinajstić information content (AvgIpc) is 3.28. The Kier molecular flexibility index (Phi) is 48.9. The predicted molar refractivity (Wildman–Crippen MR) is 270 cm³/mol. The molecular weight excluding hydrogens is 781 g/mol. The SMILES string of the molecule is CC/C=C\C/C=C\C/C=C\CCCCCCCC(=O)O[C@H](COC(=O)CCCCCCC/C=C\CCCCCC)COC(=O)CCCCCCCCC/C=C\C/C=C\CCCCC. The Morgan fingerprint density at radius 1 is 0.333 bits per heavy atom. The summed E-state index contributed by atoms with van der Waals surface area (Å²) in [6, 6.07) is 0. The highest BCUT2D eigenvalue weighted by Gasteiger charge is 2.19. The molecule has 0 saturated carbocycles. The van der Waals surface area contributed by atoms with E-state index in [0.29, 0.717) is 19.3 Å². The first-order chi connectivity index (χ1) is 31.0. The van der Waals surface area contributed by atoms with Crippen molar-refractivity contribution in [3.63, 3.8) is 0 Å². The summed E-state index contributed by atoms with van der Waals surface area (Å²) >= 11 is 0. The van der Waals surface area contributed by atoms with Crippen molar-refractivity contribution in [1.82, 2.24) is 0 Å². The summed E-state index contributed by atoms with van der Waals surface area (Å²) < 4.78 is 16.8. The summed E-state index contributed by atoms with van der Waals surface area (Å²) in [4.78, 5) is 38.0. The zero-order valence-corrected chi connectivity index (χ0v) is 41.3. The second-order valence-electron chi connectivity index (χ2n) is 17.4. The number of unbranched alkanes of at least 4 members (excludes halogenated alkanes) is 24. The van der Waals surface area contributed by atoms with Crippen LogP contribution in [0.2, 0.25) is 0 Å². The molecule has 0 aromatic carbocycles. The molecule has 0 heterocycles. The van der Waals surface area contributed by atoms with Gasteiger partial charge in [-0.25, -0.2) is 0 Å². The number of carbonyl (C=O) groups is 3. The fraction of sp³-hybridized carbons (Fsp3) is 0.737. The zero-order chi connectivity index (χ0) is 45.8.